The molecule has 2 aliphatic heterocycles. The largest absolute Gasteiger partial charge is 0.496 e. The minimum atomic E-state index is -0.849. The predicted octanol–water partition coefficient (Wildman–Crippen LogP) is 4.15. The van der Waals surface area contributed by atoms with E-state index in [9.17, 15) is 10.2 Å². The van der Waals surface area contributed by atoms with Gasteiger partial charge in [0.2, 0.25) is 0 Å². The molecule has 4 rings (SSSR count). The van der Waals surface area contributed by atoms with Gasteiger partial charge < -0.3 is 25.0 Å². The van der Waals surface area contributed by atoms with Crippen LogP contribution in [0.3, 0.4) is 0 Å². The zero-order valence-corrected chi connectivity index (χ0v) is 16.7. The van der Waals surface area contributed by atoms with Gasteiger partial charge in [0.1, 0.15) is 17.6 Å². The third kappa shape index (κ3) is 3.05. The highest BCUT2D eigenvalue weighted by molar-refractivity contribution is 5.91. The molecule has 0 amide bonds. The van der Waals surface area contributed by atoms with Crippen molar-refractivity contribution in [3.8, 4) is 22.6 Å². The number of hydrogen-bond donors (Lipinski definition) is 3. The summed E-state index contributed by atoms with van der Waals surface area (Å²) in [6.07, 6.45) is 1.32. The highest BCUT2D eigenvalue weighted by atomic mass is 16.5. The number of hydrogen-bond acceptors (Lipinski definition) is 5. The fraction of sp³-hybridized carbons (Fsp3) is 0.391. The third-order valence-electron chi connectivity index (χ3n) is 5.44. The minimum Gasteiger partial charge on any atom is -0.496 e. The molecular formula is C23H27NO4. The standard InChI is InChI=1S/C23H27NO4/c1-13-11-23(2,3)24-16-9-8-15-21-17(27-4)6-5-7-18(21)28-19(10-14(26)12-25)22(15)20(13)16/h5-9,11,14,19,24-26H,10,12H2,1-4H3. The van der Waals surface area contributed by atoms with Crippen LogP contribution in [0.15, 0.2) is 36.4 Å². The van der Waals surface area contributed by atoms with E-state index in [2.05, 4.69) is 44.3 Å². The number of allylic oxidation sites excluding steroid dienone is 1. The Hall–Kier alpha value is -2.50. The van der Waals surface area contributed by atoms with Crippen LogP contribution in [0.2, 0.25) is 0 Å². The average molecular weight is 381 g/mol. The summed E-state index contributed by atoms with van der Waals surface area (Å²) in [5.74, 6) is 1.48. The van der Waals surface area contributed by atoms with Crippen molar-refractivity contribution in [1.82, 2.24) is 0 Å². The second-order valence-corrected chi connectivity index (χ2v) is 8.14. The molecule has 2 atom stereocenters. The molecule has 0 saturated heterocycles. The summed E-state index contributed by atoms with van der Waals surface area (Å²) >= 11 is 0. The molecular weight excluding hydrogens is 354 g/mol. The lowest BCUT2D eigenvalue weighted by Crippen LogP contribution is -2.33. The molecule has 0 fully saturated rings. The van der Waals surface area contributed by atoms with Crippen molar-refractivity contribution < 1.29 is 19.7 Å². The SMILES string of the molecule is COc1cccc2c1-c1ccc3c(c1C(CC(O)CO)O2)C(C)=CC(C)(C)N3. The third-order valence-corrected chi connectivity index (χ3v) is 5.44. The van der Waals surface area contributed by atoms with Gasteiger partial charge in [-0.1, -0.05) is 18.2 Å². The molecule has 0 radical (unpaired) electrons. The van der Waals surface area contributed by atoms with Gasteiger partial charge in [-0.05, 0) is 50.1 Å². The molecule has 2 aromatic carbocycles. The summed E-state index contributed by atoms with van der Waals surface area (Å²) in [7, 11) is 1.66. The highest BCUT2D eigenvalue weighted by Gasteiger charge is 2.35. The fourth-order valence-corrected chi connectivity index (χ4v) is 4.44. The second kappa shape index (κ2) is 6.83. The fourth-order valence-electron chi connectivity index (χ4n) is 4.44. The number of rotatable bonds is 4. The lowest BCUT2D eigenvalue weighted by atomic mass is 9.80. The molecule has 0 spiro atoms. The van der Waals surface area contributed by atoms with Gasteiger partial charge in [0, 0.05) is 23.2 Å². The summed E-state index contributed by atoms with van der Waals surface area (Å²) in [5.41, 5.74) is 6.17. The normalized spacial score (nSPS) is 19.9. The molecule has 2 heterocycles. The van der Waals surface area contributed by atoms with Crippen molar-refractivity contribution in [2.45, 2.75) is 44.9 Å². The van der Waals surface area contributed by atoms with Gasteiger partial charge >= 0.3 is 0 Å². The smallest absolute Gasteiger partial charge is 0.131 e. The maximum absolute atomic E-state index is 10.2. The first-order valence-electron chi connectivity index (χ1n) is 9.62. The van der Waals surface area contributed by atoms with Crippen molar-refractivity contribution in [2.24, 2.45) is 0 Å². The Morgan fingerprint density at radius 1 is 1.21 bits per heavy atom. The topological polar surface area (TPSA) is 71.0 Å². The Labute approximate surface area is 165 Å². The van der Waals surface area contributed by atoms with E-state index in [1.807, 2.05) is 18.2 Å². The van der Waals surface area contributed by atoms with Crippen LogP contribution < -0.4 is 14.8 Å². The van der Waals surface area contributed by atoms with Crippen molar-refractivity contribution in [3.05, 3.63) is 47.5 Å². The minimum absolute atomic E-state index is 0.142. The number of anilines is 1. The van der Waals surface area contributed by atoms with Crippen LogP contribution >= 0.6 is 0 Å². The average Bonchev–Trinajstić information content (AvgIpc) is 2.65. The number of nitrogens with one attached hydrogen (secondary N) is 1. The van der Waals surface area contributed by atoms with E-state index in [-0.39, 0.29) is 18.2 Å². The van der Waals surface area contributed by atoms with Gasteiger partial charge in [-0.15, -0.1) is 0 Å². The molecule has 2 aromatic rings. The van der Waals surface area contributed by atoms with E-state index in [4.69, 9.17) is 9.47 Å². The zero-order valence-electron chi connectivity index (χ0n) is 16.7. The van der Waals surface area contributed by atoms with Gasteiger partial charge in [0.25, 0.3) is 0 Å². The lowest BCUT2D eigenvalue weighted by molar-refractivity contribution is 0.0488. The van der Waals surface area contributed by atoms with Crippen LogP contribution in [0, 0.1) is 0 Å². The number of fused-ring (bicyclic) bond motifs is 5. The van der Waals surface area contributed by atoms with E-state index < -0.39 is 6.10 Å². The molecule has 0 bridgehead atoms. The van der Waals surface area contributed by atoms with Gasteiger partial charge in [0.05, 0.1) is 30.9 Å². The number of aliphatic hydroxyl groups is 2. The molecule has 148 valence electrons. The van der Waals surface area contributed by atoms with Gasteiger partial charge in [-0.25, -0.2) is 0 Å². The van der Waals surface area contributed by atoms with E-state index in [0.29, 0.717) is 6.42 Å². The second-order valence-electron chi connectivity index (χ2n) is 8.14. The number of ether oxygens (including phenoxy) is 2. The van der Waals surface area contributed by atoms with E-state index in [1.54, 1.807) is 7.11 Å². The summed E-state index contributed by atoms with van der Waals surface area (Å²) in [5, 5.41) is 23.1. The van der Waals surface area contributed by atoms with Crippen molar-refractivity contribution >= 4 is 11.3 Å². The summed E-state index contributed by atoms with van der Waals surface area (Å²) in [6, 6.07) is 9.95. The predicted molar refractivity (Wildman–Crippen MR) is 111 cm³/mol. The number of aliphatic hydroxyl groups excluding tert-OH is 2. The number of methoxy groups -OCH3 is 1. The van der Waals surface area contributed by atoms with E-state index in [1.165, 1.54) is 5.57 Å². The molecule has 5 nitrogen and oxygen atoms in total. The Balaban J connectivity index is 1.97. The van der Waals surface area contributed by atoms with Crippen molar-refractivity contribution in [2.75, 3.05) is 19.0 Å². The quantitative estimate of drug-likeness (QED) is 0.742. The van der Waals surface area contributed by atoms with Crippen molar-refractivity contribution in [3.63, 3.8) is 0 Å². The monoisotopic (exact) mass is 381 g/mol. The zero-order chi connectivity index (χ0) is 20.1. The molecule has 3 N–H and O–H groups in total. The molecule has 2 unspecified atom stereocenters. The maximum Gasteiger partial charge on any atom is 0.131 e. The molecule has 0 aromatic heterocycles. The van der Waals surface area contributed by atoms with Gasteiger partial charge in [-0.2, -0.15) is 0 Å². The number of benzene rings is 2. The van der Waals surface area contributed by atoms with Gasteiger partial charge in [0.15, 0.2) is 0 Å². The Morgan fingerprint density at radius 2 is 2.00 bits per heavy atom. The molecule has 28 heavy (non-hydrogen) atoms. The Morgan fingerprint density at radius 3 is 2.71 bits per heavy atom. The van der Waals surface area contributed by atoms with Crippen LogP contribution in [-0.2, 0) is 0 Å². The van der Waals surface area contributed by atoms with Crippen LogP contribution in [0.25, 0.3) is 16.7 Å². The van der Waals surface area contributed by atoms with Crippen molar-refractivity contribution in [1.29, 1.82) is 0 Å². The lowest BCUT2D eigenvalue weighted by Gasteiger charge is -2.37. The van der Waals surface area contributed by atoms with E-state index in [0.717, 1.165) is 39.4 Å². The first-order valence-corrected chi connectivity index (χ1v) is 9.62. The summed E-state index contributed by atoms with van der Waals surface area (Å²) < 4.78 is 11.9. The van der Waals surface area contributed by atoms with Crippen LogP contribution in [-0.4, -0.2) is 35.6 Å². The summed E-state index contributed by atoms with van der Waals surface area (Å²) in [4.78, 5) is 0. The highest BCUT2D eigenvalue weighted by Crippen LogP contribution is 2.52. The van der Waals surface area contributed by atoms with Gasteiger partial charge in [-0.3, -0.25) is 0 Å². The van der Waals surface area contributed by atoms with Crippen LogP contribution in [0.4, 0.5) is 5.69 Å². The Bertz CT molecular complexity index is 948. The van der Waals surface area contributed by atoms with Crippen LogP contribution in [0.1, 0.15) is 44.4 Å². The maximum atomic E-state index is 10.2. The summed E-state index contributed by atoms with van der Waals surface area (Å²) in [6.45, 7) is 6.09. The first kappa shape index (κ1) is 18.8. The van der Waals surface area contributed by atoms with Crippen LogP contribution in [0.5, 0.6) is 11.5 Å². The molecule has 5 heteroatoms. The Kier molecular flexibility index (Phi) is 4.60. The first-order chi connectivity index (χ1) is 13.3. The van der Waals surface area contributed by atoms with E-state index >= 15 is 0 Å². The molecule has 0 saturated carbocycles. The molecule has 2 aliphatic rings. The molecule has 0 aliphatic carbocycles.